The lowest BCUT2D eigenvalue weighted by Gasteiger charge is -2.49. The Kier molecular flexibility index (Phi) is 9.87. The second kappa shape index (κ2) is 11.5. The molecule has 11 atom stereocenters. The summed E-state index contributed by atoms with van der Waals surface area (Å²) in [5.41, 5.74) is 5.51. The van der Waals surface area contributed by atoms with Gasteiger partial charge in [0, 0.05) is 12.8 Å². The highest BCUT2D eigenvalue weighted by molar-refractivity contribution is 5.73. The van der Waals surface area contributed by atoms with Gasteiger partial charge in [-0.1, -0.05) is 6.92 Å². The molecule has 0 aliphatic carbocycles. The Morgan fingerprint density at radius 3 is 2.41 bits per heavy atom. The monoisotopic (exact) mass is 462 g/mol. The van der Waals surface area contributed by atoms with Crippen LogP contribution in [0.1, 0.15) is 48.0 Å². The van der Waals surface area contributed by atoms with Crippen LogP contribution in [-0.2, 0) is 23.7 Å². The average Bonchev–Trinajstić information content (AvgIpc) is 2.73. The molecule has 0 radical (unpaired) electrons. The fourth-order valence-corrected chi connectivity index (χ4v) is 4.31. The lowest BCUT2D eigenvalue weighted by atomic mass is 9.80. The fraction of sp³-hybridized carbons (Fsp3) is 0.955. The first-order valence-electron chi connectivity index (χ1n) is 11.5. The Morgan fingerprint density at radius 1 is 1.16 bits per heavy atom. The smallest absolute Gasteiger partial charge is 0.217 e. The van der Waals surface area contributed by atoms with E-state index in [2.05, 4.69) is 5.32 Å². The second-order valence-corrected chi connectivity index (χ2v) is 9.47. The Hall–Kier alpha value is -0.850. The highest BCUT2D eigenvalue weighted by Crippen LogP contribution is 2.33. The third kappa shape index (κ3) is 6.38. The molecule has 0 bridgehead atoms. The van der Waals surface area contributed by atoms with Gasteiger partial charge in [0.25, 0.3) is 0 Å². The van der Waals surface area contributed by atoms with Crippen molar-refractivity contribution in [2.45, 2.75) is 108 Å². The van der Waals surface area contributed by atoms with E-state index in [4.69, 9.17) is 24.7 Å². The minimum Gasteiger partial charge on any atom is -0.391 e. The molecule has 0 aromatic rings. The van der Waals surface area contributed by atoms with Gasteiger partial charge in [-0.2, -0.15) is 0 Å². The Bertz CT molecular complexity index is 610. The topological polar surface area (TPSA) is 153 Å². The average molecular weight is 463 g/mol. The molecule has 10 heteroatoms. The van der Waals surface area contributed by atoms with Crippen LogP contribution in [0.15, 0.2) is 0 Å². The zero-order valence-electron chi connectivity index (χ0n) is 20.1. The molecule has 2 rings (SSSR count). The summed E-state index contributed by atoms with van der Waals surface area (Å²) in [6.45, 7) is 11.2. The summed E-state index contributed by atoms with van der Waals surface area (Å²) in [6.07, 6.45) is -3.85. The summed E-state index contributed by atoms with van der Waals surface area (Å²) < 4.78 is 23.6. The third-order valence-corrected chi connectivity index (χ3v) is 6.75. The van der Waals surface area contributed by atoms with Crippen molar-refractivity contribution >= 4 is 5.91 Å². The quantitative estimate of drug-likeness (QED) is 0.300. The number of hydrogen-bond donors (Lipinski definition) is 5. The van der Waals surface area contributed by atoms with Crippen molar-refractivity contribution in [1.29, 1.82) is 0 Å². The van der Waals surface area contributed by atoms with Gasteiger partial charge in [-0.15, -0.1) is 0 Å². The van der Waals surface area contributed by atoms with E-state index in [1.807, 2.05) is 27.7 Å². The number of amides is 1. The lowest BCUT2D eigenvalue weighted by Crippen LogP contribution is -2.66. The molecule has 2 heterocycles. The standard InChI is InChI=1S/C22H42N2O8/c1-7-11(2)30-10-22(6)21(23)19(27)15(12(3)32-22)8-29-9-16-17(24-14(5)25)20(28)18(26)13(4)31-16/h11-13,15-21,26-28H,7-10,23H2,1-6H3,(H,24,25). The van der Waals surface area contributed by atoms with Crippen molar-refractivity contribution in [2.24, 2.45) is 11.7 Å². The summed E-state index contributed by atoms with van der Waals surface area (Å²) in [6, 6.07) is -1.47. The lowest BCUT2D eigenvalue weighted by molar-refractivity contribution is -0.228. The molecule has 1 amide bonds. The number of ether oxygens (including phenoxy) is 4. The third-order valence-electron chi connectivity index (χ3n) is 6.75. The van der Waals surface area contributed by atoms with Crippen LogP contribution in [0.25, 0.3) is 0 Å². The molecule has 0 spiro atoms. The molecular formula is C22H42N2O8. The van der Waals surface area contributed by atoms with Crippen LogP contribution in [0.2, 0.25) is 0 Å². The molecule has 188 valence electrons. The molecular weight excluding hydrogens is 420 g/mol. The van der Waals surface area contributed by atoms with E-state index in [0.717, 1.165) is 6.42 Å². The normalized spacial score (nSPS) is 43.6. The minimum atomic E-state index is -1.18. The molecule has 2 aliphatic rings. The van der Waals surface area contributed by atoms with Gasteiger partial charge in [0.05, 0.1) is 56.3 Å². The molecule has 2 aliphatic heterocycles. The number of nitrogens with two attached hydrogens (primary N) is 1. The largest absolute Gasteiger partial charge is 0.391 e. The van der Waals surface area contributed by atoms with E-state index < -0.39 is 48.2 Å². The molecule has 2 fully saturated rings. The van der Waals surface area contributed by atoms with E-state index in [0.29, 0.717) is 0 Å². The van der Waals surface area contributed by atoms with Crippen molar-refractivity contribution in [3.63, 3.8) is 0 Å². The number of aliphatic hydroxyl groups is 3. The van der Waals surface area contributed by atoms with Gasteiger partial charge in [-0.25, -0.2) is 0 Å². The maximum Gasteiger partial charge on any atom is 0.217 e. The highest BCUT2D eigenvalue weighted by atomic mass is 16.6. The molecule has 2 saturated heterocycles. The number of carbonyl (C=O) groups excluding carboxylic acids is 1. The van der Waals surface area contributed by atoms with E-state index in [1.165, 1.54) is 6.92 Å². The van der Waals surface area contributed by atoms with Gasteiger partial charge in [-0.3, -0.25) is 4.79 Å². The van der Waals surface area contributed by atoms with Crippen LogP contribution >= 0.6 is 0 Å². The maximum absolute atomic E-state index is 11.5. The number of carbonyl (C=O) groups is 1. The van der Waals surface area contributed by atoms with Gasteiger partial charge in [0.15, 0.2) is 0 Å². The maximum atomic E-state index is 11.5. The number of aliphatic hydroxyl groups excluding tert-OH is 3. The first-order chi connectivity index (χ1) is 14.9. The summed E-state index contributed by atoms with van der Waals surface area (Å²) in [4.78, 5) is 11.5. The zero-order chi connectivity index (χ0) is 24.2. The van der Waals surface area contributed by atoms with Crippen LogP contribution in [0.5, 0.6) is 0 Å². The first kappa shape index (κ1) is 27.4. The first-order valence-corrected chi connectivity index (χ1v) is 11.5. The van der Waals surface area contributed by atoms with Crippen molar-refractivity contribution < 1.29 is 39.1 Å². The molecule has 11 unspecified atom stereocenters. The van der Waals surface area contributed by atoms with Gasteiger partial charge in [-0.05, 0) is 34.1 Å². The SMILES string of the molecule is CCC(C)OCC1(C)OC(C)C(COCC2OC(C)C(O)C(O)C2NC(C)=O)C(O)C1N. The Balaban J connectivity index is 1.96. The van der Waals surface area contributed by atoms with Crippen LogP contribution in [0.3, 0.4) is 0 Å². The highest BCUT2D eigenvalue weighted by Gasteiger charge is 2.49. The summed E-state index contributed by atoms with van der Waals surface area (Å²) in [7, 11) is 0. The van der Waals surface area contributed by atoms with Crippen molar-refractivity contribution in [3.05, 3.63) is 0 Å². The summed E-state index contributed by atoms with van der Waals surface area (Å²) in [5.74, 6) is -0.726. The van der Waals surface area contributed by atoms with E-state index in [-0.39, 0.29) is 43.9 Å². The van der Waals surface area contributed by atoms with Crippen LogP contribution in [-0.4, -0.2) is 101 Å². The van der Waals surface area contributed by atoms with Crippen LogP contribution < -0.4 is 11.1 Å². The summed E-state index contributed by atoms with van der Waals surface area (Å²) >= 11 is 0. The minimum absolute atomic E-state index is 0.0542. The number of nitrogens with one attached hydrogen (secondary N) is 1. The van der Waals surface area contributed by atoms with Crippen molar-refractivity contribution in [2.75, 3.05) is 19.8 Å². The predicted molar refractivity (Wildman–Crippen MR) is 117 cm³/mol. The van der Waals surface area contributed by atoms with Gasteiger partial charge < -0.3 is 45.3 Å². The molecule has 0 aromatic heterocycles. The molecule has 0 saturated carbocycles. The van der Waals surface area contributed by atoms with Gasteiger partial charge >= 0.3 is 0 Å². The Morgan fingerprint density at radius 2 is 1.81 bits per heavy atom. The van der Waals surface area contributed by atoms with Crippen molar-refractivity contribution in [1.82, 2.24) is 5.32 Å². The Labute approximate surface area is 190 Å². The number of hydrogen-bond acceptors (Lipinski definition) is 9. The van der Waals surface area contributed by atoms with Gasteiger partial charge in [0.1, 0.15) is 23.9 Å². The van der Waals surface area contributed by atoms with Crippen molar-refractivity contribution in [3.8, 4) is 0 Å². The number of rotatable bonds is 9. The molecule has 0 aromatic carbocycles. The fourth-order valence-electron chi connectivity index (χ4n) is 4.31. The molecule has 32 heavy (non-hydrogen) atoms. The summed E-state index contributed by atoms with van der Waals surface area (Å²) in [5, 5.41) is 34.0. The van der Waals surface area contributed by atoms with Gasteiger partial charge in [0.2, 0.25) is 5.91 Å². The van der Waals surface area contributed by atoms with Crippen LogP contribution in [0.4, 0.5) is 0 Å². The predicted octanol–water partition coefficient (Wildman–Crippen LogP) is -0.686. The van der Waals surface area contributed by atoms with E-state index >= 15 is 0 Å². The van der Waals surface area contributed by atoms with E-state index in [9.17, 15) is 20.1 Å². The van der Waals surface area contributed by atoms with E-state index in [1.54, 1.807) is 6.92 Å². The van der Waals surface area contributed by atoms with Crippen LogP contribution in [0, 0.1) is 5.92 Å². The zero-order valence-corrected chi connectivity index (χ0v) is 20.1. The molecule has 6 N–H and O–H groups in total. The molecule has 10 nitrogen and oxygen atoms in total. The second-order valence-electron chi connectivity index (χ2n) is 9.47.